The van der Waals surface area contributed by atoms with Crippen LogP contribution in [0.3, 0.4) is 0 Å². The topological polar surface area (TPSA) is 54.4 Å². The van der Waals surface area contributed by atoms with Gasteiger partial charge in [-0.05, 0) is 80.1 Å². The van der Waals surface area contributed by atoms with E-state index in [0.717, 1.165) is 38.5 Å². The molecule has 24 heavy (non-hydrogen) atoms. The SMILES string of the molecule is CC(=O)[C@H]1CC[C@@H]2[C@@H]3CCC4=CC(=O)CC[C@@]4(C)[C@@H]3[C@@H](O)C[C@]12C. The third-order valence-corrected chi connectivity index (χ3v) is 8.38. The van der Waals surface area contributed by atoms with Gasteiger partial charge in [-0.3, -0.25) is 9.59 Å². The number of allylic oxidation sites excluding steroid dienone is 1. The quantitative estimate of drug-likeness (QED) is 0.797. The molecule has 3 saturated carbocycles. The van der Waals surface area contributed by atoms with Crippen LogP contribution in [0.25, 0.3) is 0 Å². The third-order valence-electron chi connectivity index (χ3n) is 8.38. The van der Waals surface area contributed by atoms with Crippen molar-refractivity contribution in [1.29, 1.82) is 0 Å². The Morgan fingerprint density at radius 2 is 1.96 bits per heavy atom. The Morgan fingerprint density at radius 3 is 2.67 bits per heavy atom. The highest BCUT2D eigenvalue weighted by molar-refractivity contribution is 5.91. The Morgan fingerprint density at radius 1 is 1.21 bits per heavy atom. The Kier molecular flexibility index (Phi) is 3.62. The zero-order valence-corrected chi connectivity index (χ0v) is 15.2. The summed E-state index contributed by atoms with van der Waals surface area (Å²) in [7, 11) is 0. The lowest BCUT2D eigenvalue weighted by atomic mass is 9.46. The van der Waals surface area contributed by atoms with Crippen molar-refractivity contribution in [2.75, 3.05) is 0 Å². The molecule has 0 radical (unpaired) electrons. The van der Waals surface area contributed by atoms with Crippen molar-refractivity contribution in [2.45, 2.75) is 71.8 Å². The van der Waals surface area contributed by atoms with E-state index in [0.29, 0.717) is 24.0 Å². The van der Waals surface area contributed by atoms with Crippen LogP contribution in [0.1, 0.15) is 65.7 Å². The average molecular weight is 330 g/mol. The minimum atomic E-state index is -0.349. The van der Waals surface area contributed by atoms with Crippen LogP contribution in [0.15, 0.2) is 11.6 Å². The number of carbonyl (C=O) groups excluding carboxylic acids is 2. The lowest BCUT2D eigenvalue weighted by Crippen LogP contribution is -2.56. The van der Waals surface area contributed by atoms with Crippen molar-refractivity contribution in [3.05, 3.63) is 11.6 Å². The molecule has 1 N–H and O–H groups in total. The first-order valence-corrected chi connectivity index (χ1v) is 9.70. The highest BCUT2D eigenvalue weighted by atomic mass is 16.3. The van der Waals surface area contributed by atoms with Crippen molar-refractivity contribution in [2.24, 2.45) is 34.5 Å². The number of hydrogen-bond acceptors (Lipinski definition) is 3. The summed E-state index contributed by atoms with van der Waals surface area (Å²) in [5.41, 5.74) is 1.23. The molecule has 0 unspecified atom stereocenters. The summed E-state index contributed by atoms with van der Waals surface area (Å²) in [5, 5.41) is 11.2. The van der Waals surface area contributed by atoms with Gasteiger partial charge in [-0.2, -0.15) is 0 Å². The standard InChI is InChI=1S/C21H30O3/c1-12(22)16-6-7-17-15-5-4-13-10-14(23)8-9-20(13,2)19(15)18(24)11-21(16,17)3/h10,15-19,24H,4-9,11H2,1-3H3/t15-,16+,17+,18-,19-,20+,21+/m0/s1. The highest BCUT2D eigenvalue weighted by Crippen LogP contribution is 2.66. The normalized spacial score (nSPS) is 50.6. The molecular formula is C21H30O3. The van der Waals surface area contributed by atoms with Gasteiger partial charge in [0, 0.05) is 12.3 Å². The van der Waals surface area contributed by atoms with Crippen molar-refractivity contribution < 1.29 is 14.7 Å². The summed E-state index contributed by atoms with van der Waals surface area (Å²) < 4.78 is 0. The van der Waals surface area contributed by atoms with Gasteiger partial charge in [-0.15, -0.1) is 0 Å². The van der Waals surface area contributed by atoms with Crippen LogP contribution in [-0.2, 0) is 9.59 Å². The second-order valence-electron chi connectivity index (χ2n) is 9.41. The summed E-state index contributed by atoms with van der Waals surface area (Å²) in [6.45, 7) is 6.27. The maximum Gasteiger partial charge on any atom is 0.155 e. The van der Waals surface area contributed by atoms with Crippen LogP contribution in [0, 0.1) is 34.5 Å². The highest BCUT2D eigenvalue weighted by Gasteiger charge is 2.62. The first-order valence-electron chi connectivity index (χ1n) is 9.70. The summed E-state index contributed by atoms with van der Waals surface area (Å²) in [5.74, 6) is 1.99. The predicted molar refractivity (Wildman–Crippen MR) is 92.3 cm³/mol. The summed E-state index contributed by atoms with van der Waals surface area (Å²) in [4.78, 5) is 24.0. The van der Waals surface area contributed by atoms with Gasteiger partial charge in [0.25, 0.3) is 0 Å². The monoisotopic (exact) mass is 330 g/mol. The molecule has 4 rings (SSSR count). The van der Waals surface area contributed by atoms with E-state index in [1.807, 2.05) is 6.08 Å². The van der Waals surface area contributed by atoms with Gasteiger partial charge in [0.05, 0.1) is 6.10 Å². The molecule has 0 saturated heterocycles. The van der Waals surface area contributed by atoms with Gasteiger partial charge >= 0.3 is 0 Å². The molecule has 3 fully saturated rings. The molecule has 0 aliphatic heterocycles. The van der Waals surface area contributed by atoms with Crippen molar-refractivity contribution >= 4 is 11.6 Å². The fourth-order valence-corrected chi connectivity index (χ4v) is 7.35. The number of Topliss-reactive ketones (excluding diaryl/α,β-unsaturated/α-hetero) is 1. The Bertz CT molecular complexity index is 621. The minimum absolute atomic E-state index is 0.0219. The van der Waals surface area contributed by atoms with E-state index < -0.39 is 0 Å². The molecule has 132 valence electrons. The van der Waals surface area contributed by atoms with Crippen LogP contribution in [0.2, 0.25) is 0 Å². The molecule has 0 amide bonds. The molecule has 0 aromatic rings. The first-order chi connectivity index (χ1) is 11.3. The number of aliphatic hydroxyl groups excluding tert-OH is 1. The Labute approximate surface area is 144 Å². The fraction of sp³-hybridized carbons (Fsp3) is 0.810. The smallest absolute Gasteiger partial charge is 0.155 e. The fourth-order valence-electron chi connectivity index (χ4n) is 7.35. The maximum atomic E-state index is 12.2. The van der Waals surface area contributed by atoms with Gasteiger partial charge in [-0.1, -0.05) is 19.4 Å². The van der Waals surface area contributed by atoms with E-state index in [4.69, 9.17) is 0 Å². The molecule has 4 aliphatic carbocycles. The average Bonchev–Trinajstić information content (AvgIpc) is 2.84. The number of carbonyl (C=O) groups is 2. The molecule has 3 nitrogen and oxygen atoms in total. The third kappa shape index (κ3) is 2.06. The van der Waals surface area contributed by atoms with Crippen molar-refractivity contribution in [3.63, 3.8) is 0 Å². The van der Waals surface area contributed by atoms with E-state index in [2.05, 4.69) is 13.8 Å². The van der Waals surface area contributed by atoms with Crippen LogP contribution in [0.5, 0.6) is 0 Å². The largest absolute Gasteiger partial charge is 0.393 e. The van der Waals surface area contributed by atoms with Crippen LogP contribution >= 0.6 is 0 Å². The number of hydrogen-bond donors (Lipinski definition) is 1. The zero-order valence-electron chi connectivity index (χ0n) is 15.2. The molecule has 0 aromatic heterocycles. The predicted octanol–water partition coefficient (Wildman–Crippen LogP) is 3.69. The number of aliphatic hydroxyl groups is 1. The second-order valence-corrected chi connectivity index (χ2v) is 9.41. The Hall–Kier alpha value is -0.960. The van der Waals surface area contributed by atoms with Gasteiger partial charge < -0.3 is 5.11 Å². The van der Waals surface area contributed by atoms with Crippen LogP contribution < -0.4 is 0 Å². The summed E-state index contributed by atoms with van der Waals surface area (Å²) >= 11 is 0. The number of fused-ring (bicyclic) bond motifs is 5. The molecule has 0 spiro atoms. The van der Waals surface area contributed by atoms with Crippen molar-refractivity contribution in [1.82, 2.24) is 0 Å². The van der Waals surface area contributed by atoms with Gasteiger partial charge in [-0.25, -0.2) is 0 Å². The molecular weight excluding hydrogens is 300 g/mol. The van der Waals surface area contributed by atoms with Gasteiger partial charge in [0.2, 0.25) is 0 Å². The number of rotatable bonds is 1. The van der Waals surface area contributed by atoms with E-state index in [1.165, 1.54) is 5.57 Å². The van der Waals surface area contributed by atoms with Crippen molar-refractivity contribution in [3.8, 4) is 0 Å². The van der Waals surface area contributed by atoms with E-state index in [1.54, 1.807) is 6.92 Å². The lowest BCUT2D eigenvalue weighted by Gasteiger charge is -2.59. The number of ketones is 2. The Balaban J connectivity index is 1.72. The second kappa shape index (κ2) is 5.27. The zero-order chi connectivity index (χ0) is 17.3. The van der Waals surface area contributed by atoms with Gasteiger partial charge in [0.1, 0.15) is 5.78 Å². The van der Waals surface area contributed by atoms with E-state index in [9.17, 15) is 14.7 Å². The summed E-state index contributed by atoms with van der Waals surface area (Å²) in [6, 6.07) is 0. The molecule has 0 heterocycles. The minimum Gasteiger partial charge on any atom is -0.393 e. The van der Waals surface area contributed by atoms with Gasteiger partial charge in [0.15, 0.2) is 5.78 Å². The van der Waals surface area contributed by atoms with Crippen LogP contribution in [0.4, 0.5) is 0 Å². The van der Waals surface area contributed by atoms with Crippen LogP contribution in [-0.4, -0.2) is 22.8 Å². The molecule has 0 bridgehead atoms. The van der Waals surface area contributed by atoms with E-state index in [-0.39, 0.29) is 34.6 Å². The molecule has 4 aliphatic rings. The van der Waals surface area contributed by atoms with E-state index >= 15 is 0 Å². The lowest BCUT2D eigenvalue weighted by molar-refractivity contribution is -0.143. The maximum absolute atomic E-state index is 12.2. The summed E-state index contributed by atoms with van der Waals surface area (Å²) in [6.07, 6.45) is 7.97. The molecule has 3 heteroatoms. The first kappa shape index (κ1) is 16.5. The molecule has 0 aromatic carbocycles. The molecule has 7 atom stereocenters.